The molecule has 3 aromatic carbocycles. The van der Waals surface area contributed by atoms with E-state index in [0.29, 0.717) is 0 Å². The number of fused-ring (bicyclic) bond motifs is 1. The quantitative estimate of drug-likeness (QED) is 0.558. The molecule has 0 unspecified atom stereocenters. The summed E-state index contributed by atoms with van der Waals surface area (Å²) >= 11 is 0. The standard InChI is InChI=1S/C27H30N2O3S/c1-19-6-4-5-7-24(19)26-14-12-22-18-23(32-33(28,30)31)13-15-25(22)27(26)21-10-8-20(9-11-21)16-17-29(2)3/h4-11,13,15,18H,12,14,16-17H2,1-3H3,(H2,28,30,31). The minimum Gasteiger partial charge on any atom is -0.371 e. The lowest BCUT2D eigenvalue weighted by Gasteiger charge is -2.26. The monoisotopic (exact) mass is 462 g/mol. The van der Waals surface area contributed by atoms with Crippen LogP contribution in [0.3, 0.4) is 0 Å². The second kappa shape index (κ2) is 9.51. The molecule has 0 fully saturated rings. The number of rotatable bonds is 7. The lowest BCUT2D eigenvalue weighted by Crippen LogP contribution is -2.19. The van der Waals surface area contributed by atoms with E-state index in [4.69, 9.17) is 9.32 Å². The Hall–Kier alpha value is -2.93. The molecule has 0 heterocycles. The molecule has 0 spiro atoms. The molecule has 1 aliphatic rings. The van der Waals surface area contributed by atoms with Gasteiger partial charge in [-0.3, -0.25) is 0 Å². The molecule has 172 valence electrons. The molecule has 0 amide bonds. The molecule has 33 heavy (non-hydrogen) atoms. The average Bonchev–Trinajstić information content (AvgIpc) is 2.76. The first-order chi connectivity index (χ1) is 15.7. The van der Waals surface area contributed by atoms with Gasteiger partial charge in [0.2, 0.25) is 0 Å². The number of likely N-dealkylation sites (N-methyl/N-ethyl adjacent to an activating group) is 1. The highest BCUT2D eigenvalue weighted by atomic mass is 32.2. The van der Waals surface area contributed by atoms with Crippen LogP contribution in [0.4, 0.5) is 0 Å². The average molecular weight is 463 g/mol. The number of nitrogens with zero attached hydrogens (tertiary/aromatic N) is 1. The van der Waals surface area contributed by atoms with Crippen molar-refractivity contribution in [1.29, 1.82) is 0 Å². The predicted molar refractivity (Wildman–Crippen MR) is 134 cm³/mol. The molecule has 5 nitrogen and oxygen atoms in total. The molecule has 1 aliphatic carbocycles. The van der Waals surface area contributed by atoms with Crippen molar-refractivity contribution in [2.24, 2.45) is 5.14 Å². The summed E-state index contributed by atoms with van der Waals surface area (Å²) in [6.45, 7) is 3.15. The zero-order chi connectivity index (χ0) is 23.6. The second-order valence-electron chi connectivity index (χ2n) is 8.81. The third kappa shape index (κ3) is 5.53. The molecule has 0 aromatic heterocycles. The molecule has 0 saturated heterocycles. The second-order valence-corrected chi connectivity index (χ2v) is 9.97. The summed E-state index contributed by atoms with van der Waals surface area (Å²) in [5.74, 6) is 0.244. The molecule has 0 saturated carbocycles. The molecule has 0 bridgehead atoms. The van der Waals surface area contributed by atoms with E-state index < -0.39 is 10.3 Å². The zero-order valence-electron chi connectivity index (χ0n) is 19.3. The highest BCUT2D eigenvalue weighted by Crippen LogP contribution is 2.42. The van der Waals surface area contributed by atoms with Gasteiger partial charge in [-0.2, -0.15) is 13.6 Å². The van der Waals surface area contributed by atoms with Crippen LogP contribution in [-0.2, 0) is 23.1 Å². The van der Waals surface area contributed by atoms with Crippen LogP contribution in [0, 0.1) is 6.92 Å². The first kappa shape index (κ1) is 23.2. The Balaban J connectivity index is 1.82. The molecular formula is C27H30N2O3S. The molecule has 0 atom stereocenters. The number of hydrogen-bond donors (Lipinski definition) is 1. The maximum absolute atomic E-state index is 11.4. The van der Waals surface area contributed by atoms with E-state index in [2.05, 4.69) is 74.4 Å². The van der Waals surface area contributed by atoms with Gasteiger partial charge in [-0.25, -0.2) is 0 Å². The van der Waals surface area contributed by atoms with Crippen LogP contribution in [0.2, 0.25) is 0 Å². The summed E-state index contributed by atoms with van der Waals surface area (Å²) < 4.78 is 27.7. The maximum Gasteiger partial charge on any atom is 0.380 e. The third-order valence-electron chi connectivity index (χ3n) is 6.07. The topological polar surface area (TPSA) is 72.6 Å². The van der Waals surface area contributed by atoms with Crippen molar-refractivity contribution in [1.82, 2.24) is 4.90 Å². The number of benzene rings is 3. The normalized spacial score (nSPS) is 13.8. The Morgan fingerprint density at radius 2 is 1.67 bits per heavy atom. The Labute approximate surface area is 196 Å². The van der Waals surface area contributed by atoms with Crippen molar-refractivity contribution in [3.05, 3.63) is 100 Å². The van der Waals surface area contributed by atoms with Gasteiger partial charge in [0.05, 0.1) is 0 Å². The SMILES string of the molecule is Cc1ccccc1C1=C(c2ccc(CCN(C)C)cc2)c2ccc(OS(N)(=O)=O)cc2CC1. The van der Waals surface area contributed by atoms with Crippen molar-refractivity contribution < 1.29 is 12.6 Å². The summed E-state index contributed by atoms with van der Waals surface area (Å²) in [7, 11) is 0.107. The summed E-state index contributed by atoms with van der Waals surface area (Å²) in [5, 5.41) is 5.07. The van der Waals surface area contributed by atoms with Crippen molar-refractivity contribution in [3.8, 4) is 5.75 Å². The van der Waals surface area contributed by atoms with Gasteiger partial charge in [0.15, 0.2) is 0 Å². The van der Waals surface area contributed by atoms with Gasteiger partial charge in [-0.15, -0.1) is 0 Å². The van der Waals surface area contributed by atoms with E-state index in [-0.39, 0.29) is 5.75 Å². The number of aryl methyl sites for hydroxylation is 2. The van der Waals surface area contributed by atoms with E-state index >= 15 is 0 Å². The van der Waals surface area contributed by atoms with Crippen molar-refractivity contribution in [2.75, 3.05) is 20.6 Å². The first-order valence-corrected chi connectivity index (χ1v) is 12.6. The van der Waals surface area contributed by atoms with E-state index in [1.165, 1.54) is 27.8 Å². The van der Waals surface area contributed by atoms with Crippen LogP contribution in [0.25, 0.3) is 11.1 Å². The largest absolute Gasteiger partial charge is 0.380 e. The highest BCUT2D eigenvalue weighted by Gasteiger charge is 2.23. The van der Waals surface area contributed by atoms with Crippen LogP contribution in [0.5, 0.6) is 5.75 Å². The Morgan fingerprint density at radius 1 is 0.939 bits per heavy atom. The molecule has 4 rings (SSSR count). The van der Waals surface area contributed by atoms with Gasteiger partial charge in [-0.05, 0) is 96.9 Å². The highest BCUT2D eigenvalue weighted by molar-refractivity contribution is 7.84. The zero-order valence-corrected chi connectivity index (χ0v) is 20.2. The van der Waals surface area contributed by atoms with Crippen LogP contribution >= 0.6 is 0 Å². The van der Waals surface area contributed by atoms with Gasteiger partial charge in [-0.1, -0.05) is 54.6 Å². The van der Waals surface area contributed by atoms with Gasteiger partial charge in [0.1, 0.15) is 5.75 Å². The minimum absolute atomic E-state index is 0.244. The number of nitrogens with two attached hydrogens (primary N) is 1. The summed E-state index contributed by atoms with van der Waals surface area (Å²) in [6.07, 6.45) is 2.65. The molecular weight excluding hydrogens is 432 g/mol. The van der Waals surface area contributed by atoms with E-state index in [9.17, 15) is 8.42 Å². The number of allylic oxidation sites excluding steroid dienone is 1. The molecule has 0 aliphatic heterocycles. The Kier molecular flexibility index (Phi) is 6.70. The van der Waals surface area contributed by atoms with Crippen LogP contribution in [0.15, 0.2) is 66.7 Å². The number of hydrogen-bond acceptors (Lipinski definition) is 4. The molecule has 3 aromatic rings. The van der Waals surface area contributed by atoms with E-state index in [1.807, 2.05) is 6.07 Å². The summed E-state index contributed by atoms with van der Waals surface area (Å²) in [5.41, 5.74) is 9.60. The van der Waals surface area contributed by atoms with Crippen LogP contribution in [-0.4, -0.2) is 34.0 Å². The third-order valence-corrected chi connectivity index (χ3v) is 6.49. The fourth-order valence-electron chi connectivity index (χ4n) is 4.46. The lowest BCUT2D eigenvalue weighted by molar-refractivity contribution is 0.413. The van der Waals surface area contributed by atoms with Crippen molar-refractivity contribution in [3.63, 3.8) is 0 Å². The Bertz CT molecular complexity index is 1290. The molecule has 0 radical (unpaired) electrons. The van der Waals surface area contributed by atoms with Crippen LogP contribution in [0.1, 0.15) is 39.8 Å². The first-order valence-electron chi connectivity index (χ1n) is 11.1. The smallest absolute Gasteiger partial charge is 0.371 e. The van der Waals surface area contributed by atoms with Gasteiger partial charge in [0, 0.05) is 6.54 Å². The fraction of sp³-hybridized carbons (Fsp3) is 0.259. The van der Waals surface area contributed by atoms with Gasteiger partial charge < -0.3 is 9.08 Å². The molecule has 6 heteroatoms. The Morgan fingerprint density at radius 3 is 2.33 bits per heavy atom. The minimum atomic E-state index is -4.06. The van der Waals surface area contributed by atoms with E-state index in [1.54, 1.807) is 12.1 Å². The van der Waals surface area contributed by atoms with Gasteiger partial charge >= 0.3 is 10.3 Å². The van der Waals surface area contributed by atoms with Crippen LogP contribution < -0.4 is 9.32 Å². The van der Waals surface area contributed by atoms with Crippen molar-refractivity contribution >= 4 is 21.5 Å². The van der Waals surface area contributed by atoms with Gasteiger partial charge in [0.25, 0.3) is 0 Å². The fourth-order valence-corrected chi connectivity index (χ4v) is 4.83. The molecule has 2 N–H and O–H groups in total. The predicted octanol–water partition coefficient (Wildman–Crippen LogP) is 4.59. The lowest BCUT2D eigenvalue weighted by atomic mass is 9.78. The maximum atomic E-state index is 11.4. The van der Waals surface area contributed by atoms with Crippen molar-refractivity contribution in [2.45, 2.75) is 26.2 Å². The van der Waals surface area contributed by atoms with E-state index in [0.717, 1.165) is 42.5 Å². The summed E-state index contributed by atoms with van der Waals surface area (Å²) in [4.78, 5) is 2.19. The summed E-state index contributed by atoms with van der Waals surface area (Å²) in [6, 6.07) is 22.7.